The van der Waals surface area contributed by atoms with Crippen LogP contribution in [-0.4, -0.2) is 20.5 Å². The van der Waals surface area contributed by atoms with E-state index < -0.39 is 0 Å². The molecular weight excluding hydrogens is 92.1 g/mol. The van der Waals surface area contributed by atoms with Gasteiger partial charge in [-0.2, -0.15) is 0 Å². The van der Waals surface area contributed by atoms with Gasteiger partial charge in [0.2, 0.25) is 0 Å². The van der Waals surface area contributed by atoms with E-state index in [0.717, 1.165) is 0 Å². The number of hydrogen-bond donors (Lipinski definition) is 0. The second-order valence-corrected chi connectivity index (χ2v) is 1.19. The van der Waals surface area contributed by atoms with E-state index in [9.17, 15) is 0 Å². The molecule has 0 unspecified atom stereocenters. The van der Waals surface area contributed by atoms with Crippen LogP contribution in [0.4, 0.5) is 0 Å². The fourth-order valence-corrected chi connectivity index (χ4v) is 0.249. The van der Waals surface area contributed by atoms with Crippen LogP contribution in [0.5, 0.6) is 0 Å². The van der Waals surface area contributed by atoms with Crippen molar-refractivity contribution in [2.75, 3.05) is 20.5 Å². The SMILES string of the molecule is C[CH]COCOC. The van der Waals surface area contributed by atoms with Gasteiger partial charge in [0, 0.05) is 7.11 Å². The van der Waals surface area contributed by atoms with Crippen molar-refractivity contribution in [1.82, 2.24) is 0 Å². The lowest BCUT2D eigenvalue weighted by molar-refractivity contribution is -0.0219. The first-order valence-electron chi connectivity index (χ1n) is 2.26. The van der Waals surface area contributed by atoms with Gasteiger partial charge < -0.3 is 9.47 Å². The Balaban J connectivity index is 2.45. The highest BCUT2D eigenvalue weighted by molar-refractivity contribution is 4.49. The molecule has 0 N–H and O–H groups in total. The van der Waals surface area contributed by atoms with Crippen LogP contribution in [0.1, 0.15) is 6.92 Å². The molecule has 0 heterocycles. The zero-order chi connectivity index (χ0) is 5.54. The van der Waals surface area contributed by atoms with Crippen molar-refractivity contribution in [2.45, 2.75) is 6.92 Å². The highest BCUT2D eigenvalue weighted by atomic mass is 16.7. The standard InChI is InChI=1S/C5H11O2/c1-3-4-7-5-6-2/h3H,4-5H2,1-2H3. The molecule has 0 saturated carbocycles. The minimum Gasteiger partial charge on any atom is -0.359 e. The van der Waals surface area contributed by atoms with Crippen molar-refractivity contribution in [1.29, 1.82) is 0 Å². The van der Waals surface area contributed by atoms with Crippen molar-refractivity contribution in [2.24, 2.45) is 0 Å². The van der Waals surface area contributed by atoms with E-state index in [0.29, 0.717) is 13.4 Å². The molecule has 0 aliphatic heterocycles. The van der Waals surface area contributed by atoms with Crippen LogP contribution in [-0.2, 0) is 9.47 Å². The van der Waals surface area contributed by atoms with Crippen LogP contribution in [0, 0.1) is 6.42 Å². The van der Waals surface area contributed by atoms with E-state index in [1.165, 1.54) is 0 Å². The molecule has 0 aromatic heterocycles. The molecule has 0 amide bonds. The van der Waals surface area contributed by atoms with Gasteiger partial charge in [-0.15, -0.1) is 0 Å². The predicted molar refractivity (Wildman–Crippen MR) is 27.8 cm³/mol. The number of ether oxygens (including phenoxy) is 2. The molecule has 0 atom stereocenters. The summed E-state index contributed by atoms with van der Waals surface area (Å²) in [5, 5.41) is 0. The van der Waals surface area contributed by atoms with E-state index in [1.54, 1.807) is 7.11 Å². The summed E-state index contributed by atoms with van der Waals surface area (Å²) in [6.07, 6.45) is 1.93. The Kier molecular flexibility index (Phi) is 5.85. The molecule has 0 aliphatic rings. The summed E-state index contributed by atoms with van der Waals surface area (Å²) in [4.78, 5) is 0. The van der Waals surface area contributed by atoms with E-state index in [-0.39, 0.29) is 0 Å². The van der Waals surface area contributed by atoms with Crippen LogP contribution in [0.3, 0.4) is 0 Å². The molecule has 0 spiro atoms. The maximum atomic E-state index is 4.85. The summed E-state index contributed by atoms with van der Waals surface area (Å²) in [5.74, 6) is 0. The third-order valence-corrected chi connectivity index (χ3v) is 0.486. The zero-order valence-corrected chi connectivity index (χ0v) is 4.81. The van der Waals surface area contributed by atoms with E-state index in [4.69, 9.17) is 4.74 Å². The van der Waals surface area contributed by atoms with Gasteiger partial charge in [0.15, 0.2) is 0 Å². The molecule has 7 heavy (non-hydrogen) atoms. The molecular formula is C5H11O2. The molecule has 0 aromatic rings. The Morgan fingerprint density at radius 1 is 1.57 bits per heavy atom. The van der Waals surface area contributed by atoms with Gasteiger partial charge in [-0.25, -0.2) is 0 Å². The molecule has 43 valence electrons. The molecule has 0 aromatic carbocycles. The summed E-state index contributed by atoms with van der Waals surface area (Å²) in [7, 11) is 1.61. The lowest BCUT2D eigenvalue weighted by Crippen LogP contribution is -1.96. The lowest BCUT2D eigenvalue weighted by Gasteiger charge is -1.96. The average Bonchev–Trinajstić information content (AvgIpc) is 1.69. The topological polar surface area (TPSA) is 18.5 Å². The Morgan fingerprint density at radius 2 is 2.29 bits per heavy atom. The maximum absolute atomic E-state index is 4.85. The molecule has 2 heteroatoms. The van der Waals surface area contributed by atoms with Gasteiger partial charge >= 0.3 is 0 Å². The van der Waals surface area contributed by atoms with Crippen LogP contribution in [0.15, 0.2) is 0 Å². The second-order valence-electron chi connectivity index (χ2n) is 1.19. The summed E-state index contributed by atoms with van der Waals surface area (Å²) >= 11 is 0. The number of hydrogen-bond acceptors (Lipinski definition) is 2. The van der Waals surface area contributed by atoms with Crippen molar-refractivity contribution in [3.63, 3.8) is 0 Å². The first kappa shape index (κ1) is 6.92. The van der Waals surface area contributed by atoms with Crippen molar-refractivity contribution in [3.05, 3.63) is 6.42 Å². The Bertz CT molecular complexity index is 25.3. The average molecular weight is 103 g/mol. The summed E-state index contributed by atoms with van der Waals surface area (Å²) < 4.78 is 9.46. The zero-order valence-electron chi connectivity index (χ0n) is 4.81. The predicted octanol–water partition coefficient (Wildman–Crippen LogP) is 0.831. The van der Waals surface area contributed by atoms with Crippen LogP contribution in [0.25, 0.3) is 0 Å². The fraction of sp³-hybridized carbons (Fsp3) is 0.800. The summed E-state index contributed by atoms with van der Waals surface area (Å²) in [6, 6.07) is 0. The van der Waals surface area contributed by atoms with Crippen molar-refractivity contribution < 1.29 is 9.47 Å². The third kappa shape index (κ3) is 5.92. The van der Waals surface area contributed by atoms with Gasteiger partial charge in [0.1, 0.15) is 6.79 Å². The van der Waals surface area contributed by atoms with Crippen molar-refractivity contribution >= 4 is 0 Å². The lowest BCUT2D eigenvalue weighted by atomic mass is 10.5. The Morgan fingerprint density at radius 3 is 2.71 bits per heavy atom. The van der Waals surface area contributed by atoms with Gasteiger partial charge in [0.25, 0.3) is 0 Å². The molecule has 1 radical (unpaired) electrons. The second kappa shape index (κ2) is 5.92. The first-order valence-corrected chi connectivity index (χ1v) is 2.26. The van der Waals surface area contributed by atoms with Gasteiger partial charge in [-0.05, 0) is 6.42 Å². The largest absolute Gasteiger partial charge is 0.359 e. The minimum atomic E-state index is 0.393. The minimum absolute atomic E-state index is 0.393. The van der Waals surface area contributed by atoms with Crippen molar-refractivity contribution in [3.8, 4) is 0 Å². The molecule has 0 fully saturated rings. The Hall–Kier alpha value is -0.0800. The first-order chi connectivity index (χ1) is 3.41. The quantitative estimate of drug-likeness (QED) is 0.387. The summed E-state index contributed by atoms with van der Waals surface area (Å²) in [5.41, 5.74) is 0. The van der Waals surface area contributed by atoms with Gasteiger partial charge in [-0.3, -0.25) is 0 Å². The van der Waals surface area contributed by atoms with Crippen LogP contribution in [0.2, 0.25) is 0 Å². The smallest absolute Gasteiger partial charge is 0.146 e. The fourth-order valence-electron chi connectivity index (χ4n) is 0.249. The van der Waals surface area contributed by atoms with E-state index in [2.05, 4.69) is 4.74 Å². The monoisotopic (exact) mass is 103 g/mol. The molecule has 0 aliphatic carbocycles. The Labute approximate surface area is 44.4 Å². The molecule has 0 rings (SSSR count). The summed E-state index contributed by atoms with van der Waals surface area (Å²) in [6.45, 7) is 3.01. The van der Waals surface area contributed by atoms with Gasteiger partial charge in [0.05, 0.1) is 6.61 Å². The molecule has 0 saturated heterocycles. The molecule has 2 nitrogen and oxygen atoms in total. The number of methoxy groups -OCH3 is 1. The highest BCUT2D eigenvalue weighted by Crippen LogP contribution is 1.76. The van der Waals surface area contributed by atoms with Crippen LogP contribution >= 0.6 is 0 Å². The van der Waals surface area contributed by atoms with E-state index in [1.807, 2.05) is 13.3 Å². The number of rotatable bonds is 4. The van der Waals surface area contributed by atoms with E-state index >= 15 is 0 Å². The normalized spacial score (nSPS) is 9.43. The third-order valence-electron chi connectivity index (χ3n) is 0.486. The molecule has 0 bridgehead atoms. The maximum Gasteiger partial charge on any atom is 0.146 e. The highest BCUT2D eigenvalue weighted by Gasteiger charge is 1.77. The van der Waals surface area contributed by atoms with Crippen LogP contribution < -0.4 is 0 Å². The van der Waals surface area contributed by atoms with Gasteiger partial charge in [-0.1, -0.05) is 6.92 Å².